The van der Waals surface area contributed by atoms with Gasteiger partial charge >= 0.3 is 5.97 Å². The van der Waals surface area contributed by atoms with Crippen LogP contribution in [0, 0.1) is 0 Å². The number of likely N-dealkylation sites (N-methyl/N-ethyl adjacent to an activating group) is 1. The summed E-state index contributed by atoms with van der Waals surface area (Å²) in [5.41, 5.74) is 0. The Balaban J connectivity index is 3.02. The molecule has 0 amide bonds. The maximum absolute atomic E-state index is 11.3. The van der Waals surface area contributed by atoms with Crippen LogP contribution < -0.4 is 5.32 Å². The molecule has 72 valence electrons. The molecule has 1 heterocycles. The third-order valence-corrected chi connectivity index (χ3v) is 3.19. The van der Waals surface area contributed by atoms with Crippen molar-refractivity contribution < 1.29 is 18.3 Å². The van der Waals surface area contributed by atoms with E-state index in [1.54, 1.807) is 7.05 Å². The standard InChI is InChI=1S/C6H8N2O4S/c1-7-2-4-3-8-5(6(9)10)13(4,11)12/h3,7H,2H2,1H3,(H,9,10). The maximum Gasteiger partial charge on any atom is 0.366 e. The average Bonchev–Trinajstić information content (AvgIpc) is 2.28. The molecule has 1 rings (SSSR count). The van der Waals surface area contributed by atoms with Gasteiger partial charge in [0, 0.05) is 12.7 Å². The van der Waals surface area contributed by atoms with E-state index in [0.29, 0.717) is 0 Å². The molecule has 7 heteroatoms. The Kier molecular flexibility index (Phi) is 2.48. The van der Waals surface area contributed by atoms with Crippen LogP contribution in [0.3, 0.4) is 0 Å². The van der Waals surface area contributed by atoms with Crippen LogP contribution in [0.15, 0.2) is 16.1 Å². The minimum atomic E-state index is -3.84. The van der Waals surface area contributed by atoms with Crippen molar-refractivity contribution in [2.45, 2.75) is 0 Å². The van der Waals surface area contributed by atoms with Gasteiger partial charge in [-0.1, -0.05) is 0 Å². The topological polar surface area (TPSA) is 95.8 Å². The summed E-state index contributed by atoms with van der Waals surface area (Å²) >= 11 is 0. The van der Waals surface area contributed by atoms with Crippen molar-refractivity contribution in [1.82, 2.24) is 5.32 Å². The zero-order valence-electron chi connectivity index (χ0n) is 6.81. The van der Waals surface area contributed by atoms with Crippen molar-refractivity contribution >= 4 is 20.9 Å². The molecule has 6 nitrogen and oxygen atoms in total. The Morgan fingerprint density at radius 3 is 2.69 bits per heavy atom. The molecule has 0 aromatic carbocycles. The van der Waals surface area contributed by atoms with E-state index in [2.05, 4.69) is 10.3 Å². The second-order valence-electron chi connectivity index (χ2n) is 2.37. The summed E-state index contributed by atoms with van der Waals surface area (Å²) in [4.78, 5) is 13.7. The number of sulfone groups is 1. The van der Waals surface area contributed by atoms with Gasteiger partial charge in [-0.3, -0.25) is 0 Å². The summed E-state index contributed by atoms with van der Waals surface area (Å²) in [6, 6.07) is 0. The fraction of sp³-hybridized carbons (Fsp3) is 0.333. The van der Waals surface area contributed by atoms with Gasteiger partial charge in [0.2, 0.25) is 14.9 Å². The molecular formula is C6H8N2O4S. The normalized spacial score (nSPS) is 19.5. The molecular weight excluding hydrogens is 196 g/mol. The monoisotopic (exact) mass is 204 g/mol. The van der Waals surface area contributed by atoms with Gasteiger partial charge in [0.05, 0.1) is 4.91 Å². The van der Waals surface area contributed by atoms with Gasteiger partial charge < -0.3 is 10.4 Å². The number of hydrogen-bond acceptors (Lipinski definition) is 5. The number of aliphatic carboxylic acids is 1. The van der Waals surface area contributed by atoms with Crippen LogP contribution in [0.25, 0.3) is 0 Å². The first kappa shape index (κ1) is 9.87. The quantitative estimate of drug-likeness (QED) is 0.612. The predicted octanol–water partition coefficient (Wildman–Crippen LogP) is -1.04. The van der Waals surface area contributed by atoms with Gasteiger partial charge in [-0.15, -0.1) is 0 Å². The fourth-order valence-corrected chi connectivity index (χ4v) is 2.07. The molecule has 0 aliphatic carbocycles. The third kappa shape index (κ3) is 1.61. The van der Waals surface area contributed by atoms with Crippen LogP contribution in [-0.4, -0.2) is 38.1 Å². The first-order chi connectivity index (χ1) is 6.00. The largest absolute Gasteiger partial charge is 0.476 e. The summed E-state index contributed by atoms with van der Waals surface area (Å²) in [6.07, 6.45) is 1.05. The SMILES string of the molecule is CNCC1=CN=C(C(=O)O)S1(=O)=O. The molecule has 0 saturated carbocycles. The van der Waals surface area contributed by atoms with Crippen molar-refractivity contribution in [3.8, 4) is 0 Å². The number of hydrogen-bond donors (Lipinski definition) is 2. The zero-order chi connectivity index (χ0) is 10.1. The van der Waals surface area contributed by atoms with Crippen molar-refractivity contribution in [3.63, 3.8) is 0 Å². The van der Waals surface area contributed by atoms with Crippen LogP contribution in [0.5, 0.6) is 0 Å². The van der Waals surface area contributed by atoms with Crippen molar-refractivity contribution in [1.29, 1.82) is 0 Å². The van der Waals surface area contributed by atoms with Crippen LogP contribution >= 0.6 is 0 Å². The predicted molar refractivity (Wildman–Crippen MR) is 46.0 cm³/mol. The lowest BCUT2D eigenvalue weighted by Crippen LogP contribution is -2.25. The molecule has 2 N–H and O–H groups in total. The van der Waals surface area contributed by atoms with Crippen LogP contribution in [0.1, 0.15) is 0 Å². The number of carboxylic acid groups (broad SMARTS) is 1. The van der Waals surface area contributed by atoms with Crippen LogP contribution in [0.2, 0.25) is 0 Å². The Bertz CT molecular complexity index is 393. The molecule has 0 aromatic rings. The number of carboxylic acids is 1. The molecule has 13 heavy (non-hydrogen) atoms. The van der Waals surface area contributed by atoms with Gasteiger partial charge in [-0.05, 0) is 7.05 Å². The summed E-state index contributed by atoms with van der Waals surface area (Å²) in [6.45, 7) is 0.0859. The van der Waals surface area contributed by atoms with E-state index in [0.717, 1.165) is 6.20 Å². The first-order valence-corrected chi connectivity index (χ1v) is 4.88. The smallest absolute Gasteiger partial charge is 0.366 e. The van der Waals surface area contributed by atoms with Gasteiger partial charge in [-0.2, -0.15) is 0 Å². The fourth-order valence-electron chi connectivity index (χ4n) is 0.879. The van der Waals surface area contributed by atoms with Crippen LogP contribution in [0.4, 0.5) is 0 Å². The van der Waals surface area contributed by atoms with Gasteiger partial charge in [0.25, 0.3) is 0 Å². The molecule has 1 aliphatic rings. The molecule has 0 unspecified atom stereocenters. The van der Waals surface area contributed by atoms with E-state index in [1.807, 2.05) is 0 Å². The number of nitrogens with one attached hydrogen (secondary N) is 1. The summed E-state index contributed by atoms with van der Waals surface area (Å²) < 4.78 is 22.6. The number of rotatable bonds is 3. The molecule has 1 aliphatic heterocycles. The summed E-state index contributed by atoms with van der Waals surface area (Å²) in [5.74, 6) is -1.53. The lowest BCUT2D eigenvalue weighted by atomic mass is 10.6. The van der Waals surface area contributed by atoms with Crippen molar-refractivity contribution in [3.05, 3.63) is 11.1 Å². The van der Waals surface area contributed by atoms with E-state index < -0.39 is 20.9 Å². The first-order valence-electron chi connectivity index (χ1n) is 3.40. The Morgan fingerprint density at radius 1 is 1.69 bits per heavy atom. The zero-order valence-corrected chi connectivity index (χ0v) is 7.63. The van der Waals surface area contributed by atoms with E-state index in [1.165, 1.54) is 0 Å². The Labute approximate surface area is 74.9 Å². The molecule has 0 bridgehead atoms. The van der Waals surface area contributed by atoms with E-state index in [4.69, 9.17) is 5.11 Å². The second-order valence-corrected chi connectivity index (χ2v) is 4.29. The second kappa shape index (κ2) is 3.27. The Hall–Kier alpha value is -1.21. The number of nitrogens with zero attached hydrogens (tertiary/aromatic N) is 1. The van der Waals surface area contributed by atoms with Gasteiger partial charge in [-0.25, -0.2) is 18.2 Å². The molecule has 0 saturated heterocycles. The highest BCUT2D eigenvalue weighted by atomic mass is 32.2. The van der Waals surface area contributed by atoms with Gasteiger partial charge in [0.15, 0.2) is 0 Å². The molecule has 0 radical (unpaired) electrons. The highest BCUT2D eigenvalue weighted by Gasteiger charge is 2.34. The molecule has 0 atom stereocenters. The van der Waals surface area contributed by atoms with Crippen molar-refractivity contribution in [2.24, 2.45) is 4.99 Å². The number of carbonyl (C=O) groups is 1. The van der Waals surface area contributed by atoms with E-state index in [9.17, 15) is 13.2 Å². The van der Waals surface area contributed by atoms with E-state index in [-0.39, 0.29) is 11.4 Å². The molecule has 0 fully saturated rings. The van der Waals surface area contributed by atoms with Crippen LogP contribution in [-0.2, 0) is 14.6 Å². The Morgan fingerprint density at radius 2 is 2.31 bits per heavy atom. The molecule has 0 spiro atoms. The molecule has 0 aromatic heterocycles. The highest BCUT2D eigenvalue weighted by molar-refractivity contribution is 8.11. The van der Waals surface area contributed by atoms with E-state index >= 15 is 0 Å². The number of aliphatic imine (C=N–C) groups is 1. The minimum Gasteiger partial charge on any atom is -0.476 e. The lowest BCUT2D eigenvalue weighted by molar-refractivity contribution is -0.129. The third-order valence-electron chi connectivity index (χ3n) is 1.46. The van der Waals surface area contributed by atoms with Crippen molar-refractivity contribution in [2.75, 3.05) is 13.6 Å². The highest BCUT2D eigenvalue weighted by Crippen LogP contribution is 2.16. The lowest BCUT2D eigenvalue weighted by Gasteiger charge is -2.00. The minimum absolute atomic E-state index is 0.0209. The summed E-state index contributed by atoms with van der Waals surface area (Å²) in [5, 5.41) is 10.3. The average molecular weight is 204 g/mol. The maximum atomic E-state index is 11.3. The summed E-state index contributed by atoms with van der Waals surface area (Å²) in [7, 11) is -2.28. The van der Waals surface area contributed by atoms with Gasteiger partial charge in [0.1, 0.15) is 0 Å².